The highest BCUT2D eigenvalue weighted by Gasteiger charge is 2.26. The molecule has 28 heavy (non-hydrogen) atoms. The molecule has 0 saturated carbocycles. The predicted octanol–water partition coefficient (Wildman–Crippen LogP) is 2.38. The van der Waals surface area contributed by atoms with Gasteiger partial charge in [0, 0.05) is 5.56 Å². The molecule has 0 bridgehead atoms. The minimum absolute atomic E-state index is 0.123. The van der Waals surface area contributed by atoms with E-state index in [9.17, 15) is 9.59 Å². The molecule has 1 aromatic heterocycles. The van der Waals surface area contributed by atoms with E-state index < -0.39 is 11.9 Å². The van der Waals surface area contributed by atoms with Gasteiger partial charge in [0.25, 0.3) is 5.91 Å². The molecule has 1 aromatic carbocycles. The second kappa shape index (κ2) is 9.68. The van der Waals surface area contributed by atoms with E-state index in [1.54, 1.807) is 12.1 Å². The van der Waals surface area contributed by atoms with Crippen LogP contribution in [0.5, 0.6) is 17.2 Å². The number of benzene rings is 1. The van der Waals surface area contributed by atoms with E-state index >= 15 is 0 Å². The van der Waals surface area contributed by atoms with Gasteiger partial charge >= 0.3 is 0 Å². The lowest BCUT2D eigenvalue weighted by Crippen LogP contribution is -2.49. The number of methoxy groups -OCH3 is 3. The average Bonchev–Trinajstić information content (AvgIpc) is 3.22. The van der Waals surface area contributed by atoms with Crippen molar-refractivity contribution >= 4 is 11.8 Å². The molecule has 2 rings (SSSR count). The fourth-order valence-corrected chi connectivity index (χ4v) is 2.67. The number of amides is 2. The maximum Gasteiger partial charge on any atom is 0.252 e. The molecule has 1 heterocycles. The maximum atomic E-state index is 12.8. The number of hydrogen-bond acceptors (Lipinski definition) is 6. The Morgan fingerprint density at radius 3 is 2.18 bits per heavy atom. The normalized spacial score (nSPS) is 11.6. The van der Waals surface area contributed by atoms with Gasteiger partial charge in [-0.25, -0.2) is 0 Å². The maximum absolute atomic E-state index is 12.8. The minimum atomic E-state index is -0.721. The molecule has 0 saturated heterocycles. The summed E-state index contributed by atoms with van der Waals surface area (Å²) in [6, 6.07) is 5.86. The first kappa shape index (κ1) is 21.1. The molecule has 0 spiro atoms. The van der Waals surface area contributed by atoms with Crippen LogP contribution in [0.25, 0.3) is 0 Å². The standard InChI is InChI=1S/C20H26N2O6/c1-12(2)17(20(24)21-11-14-7-6-8-28-14)22-19(23)13-9-15(25-3)18(27-5)16(10-13)26-4/h6-10,12,17H,11H2,1-5H3,(H,21,24)(H,22,23)/t17-/m1/s1. The van der Waals surface area contributed by atoms with E-state index in [1.165, 1.54) is 39.7 Å². The number of rotatable bonds is 9. The van der Waals surface area contributed by atoms with Crippen molar-refractivity contribution in [1.82, 2.24) is 10.6 Å². The summed E-state index contributed by atoms with van der Waals surface area (Å²) in [5, 5.41) is 5.54. The first-order valence-corrected chi connectivity index (χ1v) is 8.82. The quantitative estimate of drug-likeness (QED) is 0.682. The van der Waals surface area contributed by atoms with Crippen molar-refractivity contribution in [2.45, 2.75) is 26.4 Å². The Labute approximate surface area is 164 Å². The van der Waals surface area contributed by atoms with Gasteiger partial charge in [0.2, 0.25) is 11.7 Å². The summed E-state index contributed by atoms with van der Waals surface area (Å²) in [4.78, 5) is 25.3. The lowest BCUT2D eigenvalue weighted by Gasteiger charge is -2.22. The zero-order valence-corrected chi connectivity index (χ0v) is 16.7. The van der Waals surface area contributed by atoms with Crippen LogP contribution in [0.15, 0.2) is 34.9 Å². The van der Waals surface area contributed by atoms with E-state index in [1.807, 2.05) is 13.8 Å². The van der Waals surface area contributed by atoms with E-state index in [0.717, 1.165) is 0 Å². The van der Waals surface area contributed by atoms with Crippen LogP contribution < -0.4 is 24.8 Å². The van der Waals surface area contributed by atoms with Crippen molar-refractivity contribution in [1.29, 1.82) is 0 Å². The van der Waals surface area contributed by atoms with Crippen LogP contribution in [0.4, 0.5) is 0 Å². The number of ether oxygens (including phenoxy) is 3. The van der Waals surface area contributed by atoms with Crippen LogP contribution in [0, 0.1) is 5.92 Å². The molecule has 0 fully saturated rings. The molecule has 0 aliphatic rings. The Kier molecular flexibility index (Phi) is 7.31. The fourth-order valence-electron chi connectivity index (χ4n) is 2.67. The summed E-state index contributed by atoms with van der Waals surface area (Å²) in [6.07, 6.45) is 1.54. The molecule has 152 valence electrons. The van der Waals surface area contributed by atoms with E-state index in [-0.39, 0.29) is 18.4 Å². The zero-order valence-electron chi connectivity index (χ0n) is 16.7. The average molecular weight is 390 g/mol. The highest BCUT2D eigenvalue weighted by Crippen LogP contribution is 2.38. The molecule has 0 radical (unpaired) electrons. The second-order valence-electron chi connectivity index (χ2n) is 6.41. The monoisotopic (exact) mass is 390 g/mol. The third kappa shape index (κ3) is 4.97. The minimum Gasteiger partial charge on any atom is -0.493 e. The number of carbonyl (C=O) groups excluding carboxylic acids is 2. The lowest BCUT2D eigenvalue weighted by molar-refractivity contribution is -0.124. The Morgan fingerprint density at radius 1 is 1.07 bits per heavy atom. The Balaban J connectivity index is 2.16. The third-order valence-corrected chi connectivity index (χ3v) is 4.18. The van der Waals surface area contributed by atoms with Crippen molar-refractivity contribution in [3.05, 3.63) is 41.9 Å². The molecular formula is C20H26N2O6. The topological polar surface area (TPSA) is 99.0 Å². The van der Waals surface area contributed by atoms with Crippen molar-refractivity contribution < 1.29 is 28.2 Å². The summed E-state index contributed by atoms with van der Waals surface area (Å²) >= 11 is 0. The molecule has 1 atom stereocenters. The van der Waals surface area contributed by atoms with Gasteiger partial charge < -0.3 is 29.3 Å². The Bertz CT molecular complexity index is 776. The fraction of sp³-hybridized carbons (Fsp3) is 0.400. The number of hydrogen-bond donors (Lipinski definition) is 2. The summed E-state index contributed by atoms with van der Waals surface area (Å²) < 4.78 is 21.0. The highest BCUT2D eigenvalue weighted by atomic mass is 16.5. The zero-order chi connectivity index (χ0) is 20.7. The van der Waals surface area contributed by atoms with Crippen LogP contribution in [-0.4, -0.2) is 39.2 Å². The molecule has 8 heteroatoms. The summed E-state index contributed by atoms with van der Waals surface area (Å²) in [5.74, 6) is 0.886. The lowest BCUT2D eigenvalue weighted by atomic mass is 10.0. The van der Waals surface area contributed by atoms with Gasteiger partial charge in [-0.2, -0.15) is 0 Å². The van der Waals surface area contributed by atoms with Gasteiger partial charge in [-0.1, -0.05) is 13.8 Å². The van der Waals surface area contributed by atoms with Crippen LogP contribution in [0.1, 0.15) is 30.0 Å². The largest absolute Gasteiger partial charge is 0.493 e. The van der Waals surface area contributed by atoms with Gasteiger partial charge in [-0.15, -0.1) is 0 Å². The van der Waals surface area contributed by atoms with Crippen LogP contribution in [0.2, 0.25) is 0 Å². The first-order valence-electron chi connectivity index (χ1n) is 8.82. The summed E-state index contributed by atoms with van der Waals surface area (Å²) in [5.41, 5.74) is 0.291. The number of furan rings is 1. The van der Waals surface area contributed by atoms with Crippen molar-refractivity contribution in [3.8, 4) is 17.2 Å². The molecular weight excluding hydrogens is 364 g/mol. The van der Waals surface area contributed by atoms with Crippen LogP contribution in [-0.2, 0) is 11.3 Å². The van der Waals surface area contributed by atoms with Crippen LogP contribution in [0.3, 0.4) is 0 Å². The molecule has 2 N–H and O–H groups in total. The Hall–Kier alpha value is -3.16. The Morgan fingerprint density at radius 2 is 1.71 bits per heavy atom. The van der Waals surface area contributed by atoms with E-state index in [4.69, 9.17) is 18.6 Å². The summed E-state index contributed by atoms with van der Waals surface area (Å²) in [7, 11) is 4.42. The molecule has 0 aliphatic heterocycles. The van der Waals surface area contributed by atoms with E-state index in [0.29, 0.717) is 28.6 Å². The number of carbonyl (C=O) groups is 2. The van der Waals surface area contributed by atoms with Gasteiger partial charge in [-0.05, 0) is 30.2 Å². The van der Waals surface area contributed by atoms with Crippen molar-refractivity contribution in [2.75, 3.05) is 21.3 Å². The van der Waals surface area contributed by atoms with Gasteiger partial charge in [0.15, 0.2) is 11.5 Å². The molecule has 8 nitrogen and oxygen atoms in total. The first-order chi connectivity index (χ1) is 13.4. The smallest absolute Gasteiger partial charge is 0.252 e. The molecule has 2 amide bonds. The SMILES string of the molecule is COc1cc(C(=O)N[C@@H](C(=O)NCc2ccco2)C(C)C)cc(OC)c1OC. The van der Waals surface area contributed by atoms with Gasteiger partial charge in [0.1, 0.15) is 11.8 Å². The van der Waals surface area contributed by atoms with Crippen molar-refractivity contribution in [2.24, 2.45) is 5.92 Å². The molecule has 2 aromatic rings. The third-order valence-electron chi connectivity index (χ3n) is 4.18. The highest BCUT2D eigenvalue weighted by molar-refractivity contribution is 5.98. The van der Waals surface area contributed by atoms with Gasteiger partial charge in [-0.3, -0.25) is 9.59 Å². The van der Waals surface area contributed by atoms with Gasteiger partial charge in [0.05, 0.1) is 34.1 Å². The van der Waals surface area contributed by atoms with Crippen molar-refractivity contribution in [3.63, 3.8) is 0 Å². The second-order valence-corrected chi connectivity index (χ2v) is 6.41. The predicted molar refractivity (Wildman–Crippen MR) is 103 cm³/mol. The van der Waals surface area contributed by atoms with E-state index in [2.05, 4.69) is 10.6 Å². The van der Waals surface area contributed by atoms with Crippen LogP contribution >= 0.6 is 0 Å². The molecule has 0 unspecified atom stereocenters. The summed E-state index contributed by atoms with van der Waals surface area (Å²) in [6.45, 7) is 3.95. The molecule has 0 aliphatic carbocycles. The number of nitrogens with one attached hydrogen (secondary N) is 2.